The lowest BCUT2D eigenvalue weighted by atomic mass is 9.97. The first-order valence-electron chi connectivity index (χ1n) is 14.3. The second-order valence-corrected chi connectivity index (χ2v) is 11.0. The number of phenols is 1. The Balaban J connectivity index is 1.90. The van der Waals surface area contributed by atoms with Crippen molar-refractivity contribution in [2.24, 2.45) is 17.6 Å². The standard InChI is InChI=1S/C31H36N6O9/c1-16(2)24(34-27(42)23(32)14-19-10-12-21(39)13-11-19)30(43)37(17(3)26(41)33-18(4)38)15-22(31(44)45)25(40)29-36-35-28(46-29)20-8-6-5-7-9-20/h5-13,16-17,22-24,39H,14-15,32H2,1-4H3,(H,34,42)(H,44,45)(H,33,38,41)/t17-,22?,23-,24-/m0/s1. The number of aromatic nitrogens is 2. The number of nitrogens with zero attached hydrogens (tertiary/aromatic N) is 3. The van der Waals surface area contributed by atoms with Crippen molar-refractivity contribution in [1.29, 1.82) is 0 Å². The molecular formula is C31H36N6O9. The molecule has 1 unspecified atom stereocenters. The molecule has 244 valence electrons. The van der Waals surface area contributed by atoms with E-state index in [-0.39, 0.29) is 18.1 Å². The van der Waals surface area contributed by atoms with Crippen LogP contribution in [0.25, 0.3) is 11.5 Å². The van der Waals surface area contributed by atoms with Gasteiger partial charge in [0.25, 0.3) is 5.89 Å². The van der Waals surface area contributed by atoms with Crippen LogP contribution in [0.2, 0.25) is 0 Å². The molecule has 0 saturated heterocycles. The number of amides is 4. The second kappa shape index (κ2) is 15.5. The molecule has 6 N–H and O–H groups in total. The summed E-state index contributed by atoms with van der Waals surface area (Å²) in [6.45, 7) is 4.69. The molecule has 0 aliphatic heterocycles. The summed E-state index contributed by atoms with van der Waals surface area (Å²) in [5.41, 5.74) is 7.22. The number of phenolic OH excluding ortho intramolecular Hbond substituents is 1. The van der Waals surface area contributed by atoms with Crippen molar-refractivity contribution in [2.75, 3.05) is 6.54 Å². The van der Waals surface area contributed by atoms with Crippen LogP contribution < -0.4 is 16.4 Å². The van der Waals surface area contributed by atoms with E-state index in [2.05, 4.69) is 20.8 Å². The number of carboxylic acid groups (broad SMARTS) is 1. The number of hydrogen-bond acceptors (Lipinski definition) is 11. The van der Waals surface area contributed by atoms with E-state index >= 15 is 0 Å². The zero-order chi connectivity index (χ0) is 34.1. The number of rotatable bonds is 14. The number of aromatic hydroxyl groups is 1. The highest BCUT2D eigenvalue weighted by molar-refractivity contribution is 6.06. The number of ketones is 1. The molecule has 15 heteroatoms. The number of Topliss-reactive ketones (excluding diaryl/α,β-unsaturated/α-hetero) is 1. The lowest BCUT2D eigenvalue weighted by molar-refractivity contribution is -0.148. The molecular weight excluding hydrogens is 600 g/mol. The molecule has 2 aromatic carbocycles. The number of carboxylic acids is 1. The van der Waals surface area contributed by atoms with Gasteiger partial charge in [0.15, 0.2) is 0 Å². The molecule has 4 amide bonds. The Morgan fingerprint density at radius 1 is 0.935 bits per heavy atom. The van der Waals surface area contributed by atoms with E-state index < -0.39 is 77.8 Å². The summed E-state index contributed by atoms with van der Waals surface area (Å²) in [7, 11) is 0. The molecule has 46 heavy (non-hydrogen) atoms. The van der Waals surface area contributed by atoms with Gasteiger partial charge in [-0.15, -0.1) is 10.2 Å². The molecule has 0 spiro atoms. The van der Waals surface area contributed by atoms with Gasteiger partial charge in [-0.05, 0) is 49.1 Å². The van der Waals surface area contributed by atoms with E-state index in [1.165, 1.54) is 19.1 Å². The maximum atomic E-state index is 14.0. The van der Waals surface area contributed by atoms with E-state index in [0.29, 0.717) is 11.1 Å². The Kier molecular flexibility index (Phi) is 11.8. The van der Waals surface area contributed by atoms with Crippen LogP contribution in [0.5, 0.6) is 5.75 Å². The molecule has 0 radical (unpaired) electrons. The molecule has 4 atom stereocenters. The van der Waals surface area contributed by atoms with Crippen molar-refractivity contribution in [3.05, 3.63) is 66.1 Å². The van der Waals surface area contributed by atoms with Gasteiger partial charge in [0, 0.05) is 19.0 Å². The van der Waals surface area contributed by atoms with Crippen LogP contribution in [0, 0.1) is 11.8 Å². The summed E-state index contributed by atoms with van der Waals surface area (Å²) in [6.07, 6.45) is 0.0665. The highest BCUT2D eigenvalue weighted by atomic mass is 16.4. The van der Waals surface area contributed by atoms with Crippen molar-refractivity contribution < 1.29 is 43.4 Å². The predicted molar refractivity (Wildman–Crippen MR) is 162 cm³/mol. The number of nitrogens with two attached hydrogens (primary N) is 1. The molecule has 0 saturated carbocycles. The van der Waals surface area contributed by atoms with E-state index in [1.54, 1.807) is 56.3 Å². The monoisotopic (exact) mass is 636 g/mol. The quantitative estimate of drug-likeness (QED) is 0.123. The number of imide groups is 1. The van der Waals surface area contributed by atoms with Gasteiger partial charge < -0.3 is 30.6 Å². The number of benzene rings is 2. The van der Waals surface area contributed by atoms with E-state index in [0.717, 1.165) is 11.8 Å². The summed E-state index contributed by atoms with van der Waals surface area (Å²) < 4.78 is 5.44. The van der Waals surface area contributed by atoms with Gasteiger partial charge in [-0.25, -0.2) is 0 Å². The molecule has 0 aliphatic carbocycles. The van der Waals surface area contributed by atoms with Crippen LogP contribution in [0.1, 0.15) is 43.9 Å². The van der Waals surface area contributed by atoms with Crippen LogP contribution in [-0.4, -0.2) is 85.4 Å². The van der Waals surface area contributed by atoms with Crippen LogP contribution in [0.4, 0.5) is 0 Å². The molecule has 3 rings (SSSR count). The summed E-state index contributed by atoms with van der Waals surface area (Å²) in [4.78, 5) is 78.1. The Labute approximate surface area is 264 Å². The third-order valence-corrected chi connectivity index (χ3v) is 7.04. The Morgan fingerprint density at radius 2 is 1.57 bits per heavy atom. The first kappa shape index (κ1) is 35.0. The van der Waals surface area contributed by atoms with Crippen molar-refractivity contribution in [3.8, 4) is 17.2 Å². The molecule has 3 aromatic rings. The van der Waals surface area contributed by atoms with Gasteiger partial charge >= 0.3 is 5.97 Å². The van der Waals surface area contributed by atoms with Gasteiger partial charge in [-0.3, -0.25) is 34.1 Å². The van der Waals surface area contributed by atoms with Crippen molar-refractivity contribution in [1.82, 2.24) is 25.7 Å². The molecule has 1 aromatic heterocycles. The largest absolute Gasteiger partial charge is 0.508 e. The van der Waals surface area contributed by atoms with Gasteiger partial charge in [-0.1, -0.05) is 44.2 Å². The molecule has 0 bridgehead atoms. The third-order valence-electron chi connectivity index (χ3n) is 7.04. The van der Waals surface area contributed by atoms with Gasteiger partial charge in [0.1, 0.15) is 23.8 Å². The second-order valence-electron chi connectivity index (χ2n) is 11.0. The van der Waals surface area contributed by atoms with Gasteiger partial charge in [-0.2, -0.15) is 0 Å². The van der Waals surface area contributed by atoms with Crippen LogP contribution >= 0.6 is 0 Å². The average Bonchev–Trinajstić information content (AvgIpc) is 3.51. The number of nitrogens with one attached hydrogen (secondary N) is 2. The van der Waals surface area contributed by atoms with Crippen molar-refractivity contribution in [3.63, 3.8) is 0 Å². The van der Waals surface area contributed by atoms with Crippen LogP contribution in [-0.2, 0) is 30.4 Å². The summed E-state index contributed by atoms with van der Waals surface area (Å²) in [5.74, 6) is -9.27. The number of carbonyl (C=O) groups excluding carboxylic acids is 5. The highest BCUT2D eigenvalue weighted by Gasteiger charge is 2.40. The lowest BCUT2D eigenvalue weighted by Crippen LogP contribution is -2.60. The number of carbonyl (C=O) groups is 6. The van der Waals surface area contributed by atoms with Gasteiger partial charge in [0.05, 0.1) is 6.04 Å². The maximum Gasteiger partial charge on any atom is 0.316 e. The van der Waals surface area contributed by atoms with Crippen molar-refractivity contribution >= 4 is 35.4 Å². The molecule has 1 heterocycles. The van der Waals surface area contributed by atoms with Crippen LogP contribution in [0.15, 0.2) is 59.0 Å². The van der Waals surface area contributed by atoms with E-state index in [4.69, 9.17) is 10.2 Å². The summed E-state index contributed by atoms with van der Waals surface area (Å²) >= 11 is 0. The molecule has 0 aliphatic rings. The minimum Gasteiger partial charge on any atom is -0.508 e. The number of hydrogen-bond donors (Lipinski definition) is 5. The highest BCUT2D eigenvalue weighted by Crippen LogP contribution is 2.21. The topological polar surface area (TPSA) is 235 Å². The first-order valence-corrected chi connectivity index (χ1v) is 14.3. The average molecular weight is 637 g/mol. The summed E-state index contributed by atoms with van der Waals surface area (Å²) in [5, 5.41) is 31.7. The Hall–Kier alpha value is -5.44. The zero-order valence-corrected chi connectivity index (χ0v) is 25.7. The maximum absolute atomic E-state index is 14.0. The fourth-order valence-electron chi connectivity index (χ4n) is 4.43. The lowest BCUT2D eigenvalue weighted by Gasteiger charge is -2.34. The van der Waals surface area contributed by atoms with E-state index in [9.17, 15) is 39.0 Å². The van der Waals surface area contributed by atoms with Crippen molar-refractivity contribution in [2.45, 2.75) is 52.2 Å². The minimum atomic E-state index is -1.97. The smallest absolute Gasteiger partial charge is 0.316 e. The Morgan fingerprint density at radius 3 is 2.13 bits per heavy atom. The number of aliphatic carboxylic acids is 1. The van der Waals surface area contributed by atoms with Gasteiger partial charge in [0.2, 0.25) is 35.3 Å². The zero-order valence-electron chi connectivity index (χ0n) is 25.7. The van der Waals surface area contributed by atoms with E-state index in [1.807, 2.05) is 0 Å². The minimum absolute atomic E-state index is 0.0316. The van der Waals surface area contributed by atoms with Crippen LogP contribution in [0.3, 0.4) is 0 Å². The molecule has 15 nitrogen and oxygen atoms in total. The predicted octanol–water partition coefficient (Wildman–Crippen LogP) is 0.916. The fraction of sp³-hybridized carbons (Fsp3) is 0.355. The summed E-state index contributed by atoms with van der Waals surface area (Å²) in [6, 6.07) is 10.6. The fourth-order valence-corrected chi connectivity index (χ4v) is 4.43. The first-order chi connectivity index (χ1) is 21.7. The third kappa shape index (κ3) is 9.04. The SMILES string of the molecule is CC(=O)NC(=O)[C@H](C)N(CC(C(=O)O)C(=O)c1nnc(-c2ccccc2)o1)C(=O)[C@@H](NC(=O)[C@@H](N)Cc1ccc(O)cc1)C(C)C. The Bertz CT molecular complexity index is 1570. The normalized spacial score (nSPS) is 13.6. The molecule has 0 fully saturated rings.